The van der Waals surface area contributed by atoms with Gasteiger partial charge in [0.05, 0.1) is 27.7 Å². The summed E-state index contributed by atoms with van der Waals surface area (Å²) in [6.07, 6.45) is 0. The standard InChI is InChI=1S/C23H22N4O4S/c1-14-5-3-4-6-19(14)27-32(30,31)18-10-7-16(8-11-18)22(28)24-15(2)17-9-12-20-21(13-17)26-23(29)25-20/h3-13,15,27H,1-2H3,(H,24,28)(H2,25,26,29). The number of aryl methyl sites for hydroxylation is 1. The zero-order valence-electron chi connectivity index (χ0n) is 17.5. The zero-order valence-corrected chi connectivity index (χ0v) is 18.3. The third kappa shape index (κ3) is 4.42. The first kappa shape index (κ1) is 21.4. The van der Waals surface area contributed by atoms with Crippen LogP contribution < -0.4 is 15.7 Å². The van der Waals surface area contributed by atoms with Crippen LogP contribution in [0.1, 0.15) is 34.5 Å². The number of nitrogens with one attached hydrogen (secondary N) is 4. The molecule has 164 valence electrons. The molecule has 4 N–H and O–H groups in total. The lowest BCUT2D eigenvalue weighted by Crippen LogP contribution is -2.26. The van der Waals surface area contributed by atoms with E-state index in [9.17, 15) is 18.0 Å². The summed E-state index contributed by atoms with van der Waals surface area (Å²) in [5, 5.41) is 2.88. The molecule has 3 aromatic carbocycles. The monoisotopic (exact) mass is 450 g/mol. The number of benzene rings is 3. The Morgan fingerprint density at radius 1 is 0.938 bits per heavy atom. The van der Waals surface area contributed by atoms with Gasteiger partial charge in [-0.05, 0) is 67.4 Å². The molecule has 1 unspecified atom stereocenters. The van der Waals surface area contributed by atoms with Crippen molar-refractivity contribution in [1.29, 1.82) is 0 Å². The summed E-state index contributed by atoms with van der Waals surface area (Å²) in [6, 6.07) is 17.9. The summed E-state index contributed by atoms with van der Waals surface area (Å²) in [5.74, 6) is -0.337. The zero-order chi connectivity index (χ0) is 22.9. The Morgan fingerprint density at radius 3 is 2.34 bits per heavy atom. The van der Waals surface area contributed by atoms with Crippen LogP contribution in [0.5, 0.6) is 0 Å². The average molecular weight is 451 g/mol. The molecule has 1 aromatic heterocycles. The van der Waals surface area contributed by atoms with Crippen LogP contribution >= 0.6 is 0 Å². The maximum atomic E-state index is 12.7. The van der Waals surface area contributed by atoms with Crippen LogP contribution in [0.3, 0.4) is 0 Å². The number of carbonyl (C=O) groups is 1. The van der Waals surface area contributed by atoms with E-state index in [1.807, 2.05) is 32.0 Å². The Bertz CT molecular complexity index is 1450. The van der Waals surface area contributed by atoms with Crippen molar-refractivity contribution in [1.82, 2.24) is 15.3 Å². The van der Waals surface area contributed by atoms with Crippen LogP contribution in [0.15, 0.2) is 76.4 Å². The molecule has 0 saturated heterocycles. The Balaban J connectivity index is 1.47. The van der Waals surface area contributed by atoms with Crippen molar-refractivity contribution in [2.24, 2.45) is 0 Å². The number of aromatic nitrogens is 2. The Hall–Kier alpha value is -3.85. The van der Waals surface area contributed by atoms with Gasteiger partial charge in [-0.25, -0.2) is 13.2 Å². The first-order valence-corrected chi connectivity index (χ1v) is 11.4. The van der Waals surface area contributed by atoms with E-state index < -0.39 is 10.0 Å². The highest BCUT2D eigenvalue weighted by Crippen LogP contribution is 2.21. The lowest BCUT2D eigenvalue weighted by molar-refractivity contribution is 0.0940. The molecule has 0 aliphatic carbocycles. The lowest BCUT2D eigenvalue weighted by atomic mass is 10.1. The molecule has 1 heterocycles. The van der Waals surface area contributed by atoms with Gasteiger partial charge in [0.2, 0.25) is 0 Å². The van der Waals surface area contributed by atoms with Gasteiger partial charge in [-0.15, -0.1) is 0 Å². The van der Waals surface area contributed by atoms with E-state index in [1.54, 1.807) is 24.3 Å². The Morgan fingerprint density at radius 2 is 1.62 bits per heavy atom. The fourth-order valence-electron chi connectivity index (χ4n) is 3.36. The smallest absolute Gasteiger partial charge is 0.323 e. The number of amides is 1. The summed E-state index contributed by atoms with van der Waals surface area (Å²) in [5.41, 5.74) is 3.52. The molecule has 8 nitrogen and oxygen atoms in total. The second kappa shape index (κ2) is 8.35. The number of anilines is 1. The second-order valence-electron chi connectivity index (χ2n) is 7.52. The number of carbonyl (C=O) groups excluding carboxylic acids is 1. The van der Waals surface area contributed by atoms with Crippen molar-refractivity contribution in [3.8, 4) is 0 Å². The summed E-state index contributed by atoms with van der Waals surface area (Å²) in [7, 11) is -3.78. The Kier molecular flexibility index (Phi) is 5.58. The van der Waals surface area contributed by atoms with Gasteiger partial charge in [0.15, 0.2) is 0 Å². The minimum atomic E-state index is -3.78. The molecule has 0 aliphatic rings. The third-order valence-electron chi connectivity index (χ3n) is 5.20. The van der Waals surface area contributed by atoms with Crippen LogP contribution in [-0.4, -0.2) is 24.3 Å². The summed E-state index contributed by atoms with van der Waals surface area (Å²) >= 11 is 0. The third-order valence-corrected chi connectivity index (χ3v) is 6.59. The molecule has 0 fully saturated rings. The highest BCUT2D eigenvalue weighted by Gasteiger charge is 2.17. The largest absolute Gasteiger partial charge is 0.346 e. The first-order valence-electron chi connectivity index (χ1n) is 9.94. The minimum Gasteiger partial charge on any atom is -0.346 e. The molecule has 0 saturated carbocycles. The molecule has 1 amide bonds. The molecule has 0 bridgehead atoms. The maximum Gasteiger partial charge on any atom is 0.323 e. The lowest BCUT2D eigenvalue weighted by Gasteiger charge is -2.15. The highest BCUT2D eigenvalue weighted by atomic mass is 32.2. The van der Waals surface area contributed by atoms with E-state index in [1.165, 1.54) is 24.3 Å². The molecule has 0 radical (unpaired) electrons. The molecule has 1 atom stereocenters. The van der Waals surface area contributed by atoms with Gasteiger partial charge < -0.3 is 15.3 Å². The topological polar surface area (TPSA) is 124 Å². The average Bonchev–Trinajstić information content (AvgIpc) is 3.14. The number of fused-ring (bicyclic) bond motifs is 1. The predicted molar refractivity (Wildman–Crippen MR) is 123 cm³/mol. The summed E-state index contributed by atoms with van der Waals surface area (Å²) < 4.78 is 27.9. The summed E-state index contributed by atoms with van der Waals surface area (Å²) in [4.78, 5) is 29.5. The van der Waals surface area contributed by atoms with Crippen LogP contribution in [0.4, 0.5) is 5.69 Å². The molecular formula is C23H22N4O4S. The molecule has 32 heavy (non-hydrogen) atoms. The van der Waals surface area contributed by atoms with Crippen molar-refractivity contribution >= 4 is 32.7 Å². The van der Waals surface area contributed by atoms with Gasteiger partial charge in [0.1, 0.15) is 0 Å². The van der Waals surface area contributed by atoms with Crippen LogP contribution in [0.2, 0.25) is 0 Å². The maximum absolute atomic E-state index is 12.7. The van der Waals surface area contributed by atoms with E-state index in [0.717, 1.165) is 11.1 Å². The van der Waals surface area contributed by atoms with Crippen molar-refractivity contribution in [2.75, 3.05) is 4.72 Å². The normalized spacial score (nSPS) is 12.4. The van der Waals surface area contributed by atoms with Crippen LogP contribution in [0.25, 0.3) is 11.0 Å². The van der Waals surface area contributed by atoms with Gasteiger partial charge in [0.25, 0.3) is 15.9 Å². The van der Waals surface area contributed by atoms with Gasteiger partial charge in [0, 0.05) is 5.56 Å². The first-order chi connectivity index (χ1) is 15.2. The van der Waals surface area contributed by atoms with Crippen molar-refractivity contribution in [3.63, 3.8) is 0 Å². The van der Waals surface area contributed by atoms with E-state index in [4.69, 9.17) is 0 Å². The van der Waals surface area contributed by atoms with Crippen molar-refractivity contribution in [3.05, 3.63) is 93.9 Å². The van der Waals surface area contributed by atoms with Crippen molar-refractivity contribution < 1.29 is 13.2 Å². The number of aromatic amines is 2. The van der Waals surface area contributed by atoms with E-state index in [2.05, 4.69) is 20.0 Å². The van der Waals surface area contributed by atoms with Gasteiger partial charge in [-0.3, -0.25) is 9.52 Å². The van der Waals surface area contributed by atoms with Gasteiger partial charge >= 0.3 is 5.69 Å². The number of hydrogen-bond donors (Lipinski definition) is 4. The fraction of sp³-hybridized carbons (Fsp3) is 0.130. The molecule has 0 aliphatic heterocycles. The van der Waals surface area contributed by atoms with Gasteiger partial charge in [-0.1, -0.05) is 24.3 Å². The van der Waals surface area contributed by atoms with E-state index in [0.29, 0.717) is 22.3 Å². The SMILES string of the molecule is Cc1ccccc1NS(=O)(=O)c1ccc(C(=O)NC(C)c2ccc3[nH]c(=O)[nH]c3c2)cc1. The molecule has 4 aromatic rings. The number of H-pyrrole nitrogens is 2. The Labute approximate surface area is 184 Å². The van der Waals surface area contributed by atoms with E-state index in [-0.39, 0.29) is 22.5 Å². The van der Waals surface area contributed by atoms with Crippen molar-refractivity contribution in [2.45, 2.75) is 24.8 Å². The van der Waals surface area contributed by atoms with Crippen LogP contribution in [-0.2, 0) is 10.0 Å². The van der Waals surface area contributed by atoms with Gasteiger partial charge in [-0.2, -0.15) is 0 Å². The second-order valence-corrected chi connectivity index (χ2v) is 9.21. The number of rotatable bonds is 6. The number of imidazole rings is 1. The molecule has 4 rings (SSSR count). The predicted octanol–water partition coefficient (Wildman–Crippen LogP) is 3.46. The summed E-state index contributed by atoms with van der Waals surface area (Å²) in [6.45, 7) is 3.65. The molecule has 0 spiro atoms. The quantitative estimate of drug-likeness (QED) is 0.359. The molecule has 9 heteroatoms. The minimum absolute atomic E-state index is 0.0622. The number of sulfonamides is 1. The number of para-hydroxylation sites is 1. The highest BCUT2D eigenvalue weighted by molar-refractivity contribution is 7.92. The molecular weight excluding hydrogens is 428 g/mol. The fourth-order valence-corrected chi connectivity index (χ4v) is 4.49. The van der Waals surface area contributed by atoms with E-state index >= 15 is 0 Å². The van der Waals surface area contributed by atoms with Crippen LogP contribution in [0, 0.1) is 6.92 Å². The number of hydrogen-bond acceptors (Lipinski definition) is 4.